The lowest BCUT2D eigenvalue weighted by Crippen LogP contribution is -2.28. The minimum Gasteiger partial charge on any atom is -0.344 e. The van der Waals surface area contributed by atoms with Crippen molar-refractivity contribution >= 4 is 39.8 Å². The van der Waals surface area contributed by atoms with Crippen LogP contribution >= 0.6 is 33.9 Å². The van der Waals surface area contributed by atoms with E-state index in [9.17, 15) is 4.79 Å². The molecule has 1 amide bonds. The first-order valence-corrected chi connectivity index (χ1v) is 8.26. The van der Waals surface area contributed by atoms with E-state index in [2.05, 4.69) is 46.3 Å². The van der Waals surface area contributed by atoms with Gasteiger partial charge in [0.1, 0.15) is 0 Å². The number of hydrogen-bond acceptors (Lipinski definition) is 2. The smallest absolute Gasteiger partial charge is 0.251 e. The molecule has 1 aromatic carbocycles. The maximum absolute atomic E-state index is 12.3. The second-order valence-electron chi connectivity index (χ2n) is 4.34. The molecule has 4 heteroatoms. The summed E-state index contributed by atoms with van der Waals surface area (Å²) in [6, 6.07) is 11.9. The van der Waals surface area contributed by atoms with Crippen LogP contribution < -0.4 is 5.32 Å². The zero-order valence-electron chi connectivity index (χ0n) is 10.7. The van der Waals surface area contributed by atoms with E-state index in [0.717, 1.165) is 22.0 Å². The van der Waals surface area contributed by atoms with Crippen molar-refractivity contribution in [2.45, 2.75) is 25.8 Å². The van der Waals surface area contributed by atoms with Gasteiger partial charge in [-0.15, -0.1) is 11.3 Å². The lowest BCUT2D eigenvalue weighted by molar-refractivity contribution is 0.0935. The van der Waals surface area contributed by atoms with Gasteiger partial charge < -0.3 is 5.32 Å². The average Bonchev–Trinajstić information content (AvgIpc) is 2.92. The Kier molecular flexibility index (Phi) is 5.39. The number of halogens is 1. The number of hydrogen-bond donors (Lipinski definition) is 1. The Labute approximate surface area is 131 Å². The zero-order chi connectivity index (χ0) is 13.7. The summed E-state index contributed by atoms with van der Waals surface area (Å²) in [5.74, 6) is 0.00497. The molecule has 0 radical (unpaired) electrons. The SMILES string of the molecule is CCCC(NC(=O)c1cccc(I)c1)c1cccs1. The Morgan fingerprint density at radius 3 is 2.84 bits per heavy atom. The van der Waals surface area contributed by atoms with Gasteiger partial charge in [-0.25, -0.2) is 0 Å². The Morgan fingerprint density at radius 1 is 1.37 bits per heavy atom. The first-order valence-electron chi connectivity index (χ1n) is 6.30. The molecule has 19 heavy (non-hydrogen) atoms. The van der Waals surface area contributed by atoms with Crippen LogP contribution in [0.5, 0.6) is 0 Å². The van der Waals surface area contributed by atoms with Crippen molar-refractivity contribution in [2.75, 3.05) is 0 Å². The van der Waals surface area contributed by atoms with E-state index >= 15 is 0 Å². The van der Waals surface area contributed by atoms with Crippen LogP contribution in [0.3, 0.4) is 0 Å². The number of rotatable bonds is 5. The van der Waals surface area contributed by atoms with Gasteiger partial charge in [0.25, 0.3) is 5.91 Å². The van der Waals surface area contributed by atoms with Crippen LogP contribution in [0, 0.1) is 3.57 Å². The zero-order valence-corrected chi connectivity index (χ0v) is 13.7. The molecule has 100 valence electrons. The maximum Gasteiger partial charge on any atom is 0.251 e. The molecule has 0 aliphatic rings. The van der Waals surface area contributed by atoms with Crippen LogP contribution in [0.4, 0.5) is 0 Å². The predicted molar refractivity (Wildman–Crippen MR) is 88.6 cm³/mol. The Morgan fingerprint density at radius 2 is 2.21 bits per heavy atom. The number of thiophene rings is 1. The standard InChI is InChI=1S/C15H16INOS/c1-2-5-13(14-8-4-9-19-14)17-15(18)11-6-3-7-12(16)10-11/h3-4,6-10,13H,2,5H2,1H3,(H,17,18). The van der Waals surface area contributed by atoms with Gasteiger partial charge in [-0.2, -0.15) is 0 Å². The molecule has 0 aliphatic carbocycles. The quantitative estimate of drug-likeness (QED) is 0.748. The molecule has 0 bridgehead atoms. The third-order valence-electron chi connectivity index (χ3n) is 2.86. The third kappa shape index (κ3) is 4.04. The lowest BCUT2D eigenvalue weighted by atomic mass is 10.1. The molecule has 0 spiro atoms. The summed E-state index contributed by atoms with van der Waals surface area (Å²) < 4.78 is 1.08. The highest BCUT2D eigenvalue weighted by molar-refractivity contribution is 14.1. The molecular weight excluding hydrogens is 369 g/mol. The summed E-state index contributed by atoms with van der Waals surface area (Å²) >= 11 is 3.92. The second-order valence-corrected chi connectivity index (χ2v) is 6.57. The maximum atomic E-state index is 12.3. The van der Waals surface area contributed by atoms with Gasteiger partial charge >= 0.3 is 0 Å². The topological polar surface area (TPSA) is 29.1 Å². The molecule has 0 saturated carbocycles. The molecule has 2 aromatic rings. The van der Waals surface area contributed by atoms with Gasteiger partial charge in [-0.3, -0.25) is 4.79 Å². The van der Waals surface area contributed by atoms with E-state index in [1.807, 2.05) is 30.3 Å². The molecule has 1 heterocycles. The molecular formula is C15H16INOS. The molecule has 2 rings (SSSR count). The average molecular weight is 385 g/mol. The molecule has 1 N–H and O–H groups in total. The van der Waals surface area contributed by atoms with E-state index in [1.54, 1.807) is 11.3 Å². The van der Waals surface area contributed by atoms with Crippen molar-refractivity contribution in [3.63, 3.8) is 0 Å². The first kappa shape index (κ1) is 14.5. The first-order chi connectivity index (χ1) is 9.20. The van der Waals surface area contributed by atoms with Crippen LogP contribution in [0.15, 0.2) is 41.8 Å². The lowest BCUT2D eigenvalue weighted by Gasteiger charge is -2.16. The Balaban J connectivity index is 2.11. The van der Waals surface area contributed by atoms with E-state index in [4.69, 9.17) is 0 Å². The second kappa shape index (κ2) is 7.05. The van der Waals surface area contributed by atoms with Crippen molar-refractivity contribution in [3.05, 3.63) is 55.8 Å². The Bertz CT molecular complexity index is 539. The highest BCUT2D eigenvalue weighted by Crippen LogP contribution is 2.23. The van der Waals surface area contributed by atoms with Crippen molar-refractivity contribution in [2.24, 2.45) is 0 Å². The molecule has 1 atom stereocenters. The summed E-state index contributed by atoms with van der Waals surface area (Å²) in [5, 5.41) is 5.18. The van der Waals surface area contributed by atoms with Crippen LogP contribution in [0.2, 0.25) is 0 Å². The highest BCUT2D eigenvalue weighted by Gasteiger charge is 2.15. The van der Waals surface area contributed by atoms with Gasteiger partial charge in [0.15, 0.2) is 0 Å². The largest absolute Gasteiger partial charge is 0.344 e. The molecule has 0 fully saturated rings. The summed E-state index contributed by atoms with van der Waals surface area (Å²) in [6.45, 7) is 2.14. The third-order valence-corrected chi connectivity index (χ3v) is 4.51. The minimum atomic E-state index is 0.00497. The van der Waals surface area contributed by atoms with Crippen molar-refractivity contribution in [3.8, 4) is 0 Å². The van der Waals surface area contributed by atoms with Gasteiger partial charge in [0.05, 0.1) is 6.04 Å². The fourth-order valence-electron chi connectivity index (χ4n) is 1.94. The normalized spacial score (nSPS) is 12.1. The van der Waals surface area contributed by atoms with E-state index in [0.29, 0.717) is 0 Å². The summed E-state index contributed by atoms with van der Waals surface area (Å²) in [4.78, 5) is 13.5. The molecule has 2 nitrogen and oxygen atoms in total. The van der Waals surface area contributed by atoms with Gasteiger partial charge in [0.2, 0.25) is 0 Å². The summed E-state index contributed by atoms with van der Waals surface area (Å²) in [7, 11) is 0. The van der Waals surface area contributed by atoms with E-state index < -0.39 is 0 Å². The highest BCUT2D eigenvalue weighted by atomic mass is 127. The monoisotopic (exact) mass is 385 g/mol. The fourth-order valence-corrected chi connectivity index (χ4v) is 3.29. The number of carbonyl (C=O) groups excluding carboxylic acids is 1. The van der Waals surface area contributed by atoms with Gasteiger partial charge in [-0.1, -0.05) is 25.5 Å². The van der Waals surface area contributed by atoms with Gasteiger partial charge in [-0.05, 0) is 58.7 Å². The van der Waals surface area contributed by atoms with Crippen molar-refractivity contribution in [1.29, 1.82) is 0 Å². The van der Waals surface area contributed by atoms with E-state index in [1.165, 1.54) is 4.88 Å². The van der Waals surface area contributed by atoms with Crippen LogP contribution in [-0.2, 0) is 0 Å². The van der Waals surface area contributed by atoms with E-state index in [-0.39, 0.29) is 11.9 Å². The number of carbonyl (C=O) groups is 1. The number of amides is 1. The summed E-state index contributed by atoms with van der Waals surface area (Å²) in [6.07, 6.45) is 2.02. The van der Waals surface area contributed by atoms with Crippen LogP contribution in [0.25, 0.3) is 0 Å². The molecule has 0 saturated heterocycles. The molecule has 1 unspecified atom stereocenters. The number of nitrogens with one attached hydrogen (secondary N) is 1. The number of benzene rings is 1. The Hall–Kier alpha value is -0.880. The van der Waals surface area contributed by atoms with Gasteiger partial charge in [0, 0.05) is 14.0 Å². The predicted octanol–water partition coefficient (Wildman–Crippen LogP) is 4.62. The molecule has 0 aliphatic heterocycles. The van der Waals surface area contributed by atoms with Crippen LogP contribution in [0.1, 0.15) is 41.0 Å². The molecule has 1 aromatic heterocycles. The summed E-state index contributed by atoms with van der Waals surface area (Å²) in [5.41, 5.74) is 0.726. The van der Waals surface area contributed by atoms with Crippen molar-refractivity contribution in [1.82, 2.24) is 5.32 Å². The van der Waals surface area contributed by atoms with Crippen LogP contribution in [-0.4, -0.2) is 5.91 Å². The minimum absolute atomic E-state index is 0.00497. The van der Waals surface area contributed by atoms with Crippen molar-refractivity contribution < 1.29 is 4.79 Å². The fraction of sp³-hybridized carbons (Fsp3) is 0.267.